The fraction of sp³-hybridized carbons (Fsp3) is 0.562. The molecule has 1 saturated heterocycles. The molecular formula is C16H24N2O2S. The first kappa shape index (κ1) is 16.2. The van der Waals surface area contributed by atoms with Crippen LogP contribution in [0, 0.1) is 0 Å². The summed E-state index contributed by atoms with van der Waals surface area (Å²) in [7, 11) is 1.69. The molecule has 0 spiro atoms. The van der Waals surface area contributed by atoms with Crippen molar-refractivity contribution >= 4 is 23.5 Å². The molecule has 2 unspecified atom stereocenters. The highest BCUT2D eigenvalue weighted by Gasteiger charge is 2.23. The zero-order valence-corrected chi connectivity index (χ0v) is 13.8. The van der Waals surface area contributed by atoms with Gasteiger partial charge in [0.25, 0.3) is 0 Å². The molecule has 1 aliphatic heterocycles. The van der Waals surface area contributed by atoms with E-state index in [1.54, 1.807) is 7.11 Å². The van der Waals surface area contributed by atoms with Gasteiger partial charge in [-0.2, -0.15) is 11.8 Å². The van der Waals surface area contributed by atoms with Crippen molar-refractivity contribution in [3.05, 3.63) is 29.8 Å². The maximum absolute atomic E-state index is 12.4. The molecule has 1 aromatic rings. The molecular weight excluding hydrogens is 284 g/mol. The number of methoxy groups -OCH3 is 1. The monoisotopic (exact) mass is 308 g/mol. The lowest BCUT2D eigenvalue weighted by Gasteiger charge is -2.32. The quantitative estimate of drug-likeness (QED) is 0.921. The molecule has 0 radical (unpaired) electrons. The Hall–Kier alpha value is -1.20. The second-order valence-electron chi connectivity index (χ2n) is 5.28. The van der Waals surface area contributed by atoms with Gasteiger partial charge in [0, 0.05) is 36.9 Å². The van der Waals surface area contributed by atoms with E-state index in [-0.39, 0.29) is 12.1 Å². The van der Waals surface area contributed by atoms with Crippen LogP contribution in [-0.4, -0.2) is 42.1 Å². The van der Waals surface area contributed by atoms with Gasteiger partial charge in [-0.25, -0.2) is 4.79 Å². The number of hydrogen-bond donors (Lipinski definition) is 1. The summed E-state index contributed by atoms with van der Waals surface area (Å²) in [5, 5.41) is 3.56. The van der Waals surface area contributed by atoms with E-state index in [0.29, 0.717) is 5.25 Å². The Morgan fingerprint density at radius 1 is 1.57 bits per heavy atom. The normalized spacial score (nSPS) is 20.1. The molecule has 116 valence electrons. The van der Waals surface area contributed by atoms with Gasteiger partial charge in [-0.3, -0.25) is 0 Å². The first-order valence-corrected chi connectivity index (χ1v) is 8.49. The van der Waals surface area contributed by atoms with Crippen molar-refractivity contribution in [1.82, 2.24) is 4.90 Å². The first-order valence-electron chi connectivity index (χ1n) is 7.44. The summed E-state index contributed by atoms with van der Waals surface area (Å²) < 4.78 is 5.32. The second-order valence-corrected chi connectivity index (χ2v) is 6.69. The lowest BCUT2D eigenvalue weighted by atomic mass is 10.1. The van der Waals surface area contributed by atoms with Gasteiger partial charge in [-0.15, -0.1) is 0 Å². The van der Waals surface area contributed by atoms with Gasteiger partial charge in [0.05, 0.1) is 6.10 Å². The third-order valence-electron chi connectivity index (χ3n) is 3.84. The predicted octanol–water partition coefficient (Wildman–Crippen LogP) is 3.75. The summed E-state index contributed by atoms with van der Waals surface area (Å²) in [6.07, 6.45) is 1.13. The number of thioether (sulfide) groups is 1. The Morgan fingerprint density at radius 2 is 2.38 bits per heavy atom. The minimum atomic E-state index is -0.00373. The average Bonchev–Trinajstić information content (AvgIpc) is 2.54. The number of carbonyl (C=O) groups excluding carboxylic acids is 1. The number of anilines is 1. The fourth-order valence-electron chi connectivity index (χ4n) is 2.36. The predicted molar refractivity (Wildman–Crippen MR) is 89.0 cm³/mol. The highest BCUT2D eigenvalue weighted by molar-refractivity contribution is 8.00. The number of hydrogen-bond acceptors (Lipinski definition) is 3. The SMILES string of the molecule is CCC1CN(C(=O)Nc2cccc(C(C)OC)c2)CCS1. The Kier molecular flexibility index (Phi) is 5.94. The summed E-state index contributed by atoms with van der Waals surface area (Å²) in [6.45, 7) is 5.83. The molecule has 0 bridgehead atoms. The van der Waals surface area contributed by atoms with Gasteiger partial charge >= 0.3 is 6.03 Å². The van der Waals surface area contributed by atoms with Crippen LogP contribution in [0.25, 0.3) is 0 Å². The van der Waals surface area contributed by atoms with Crippen LogP contribution < -0.4 is 5.32 Å². The molecule has 2 amide bonds. The number of amides is 2. The highest BCUT2D eigenvalue weighted by atomic mass is 32.2. The Bertz CT molecular complexity index is 481. The highest BCUT2D eigenvalue weighted by Crippen LogP contribution is 2.23. The lowest BCUT2D eigenvalue weighted by molar-refractivity contribution is 0.119. The summed E-state index contributed by atoms with van der Waals surface area (Å²) in [5.41, 5.74) is 1.89. The van der Waals surface area contributed by atoms with Crippen molar-refractivity contribution in [3.63, 3.8) is 0 Å². The maximum Gasteiger partial charge on any atom is 0.321 e. The number of benzene rings is 1. The number of rotatable bonds is 4. The second kappa shape index (κ2) is 7.71. The minimum absolute atomic E-state index is 0.00373. The zero-order valence-electron chi connectivity index (χ0n) is 13.0. The molecule has 1 N–H and O–H groups in total. The molecule has 1 heterocycles. The van der Waals surface area contributed by atoms with Gasteiger partial charge < -0.3 is 15.0 Å². The van der Waals surface area contributed by atoms with Crippen LogP contribution in [0.2, 0.25) is 0 Å². The molecule has 2 rings (SSSR count). The average molecular weight is 308 g/mol. The smallest absolute Gasteiger partial charge is 0.321 e. The number of carbonyl (C=O) groups is 1. The van der Waals surface area contributed by atoms with Crippen LogP contribution >= 0.6 is 11.8 Å². The van der Waals surface area contributed by atoms with Crippen LogP contribution in [0.4, 0.5) is 10.5 Å². The van der Waals surface area contributed by atoms with E-state index in [9.17, 15) is 4.79 Å². The number of nitrogens with zero attached hydrogens (tertiary/aromatic N) is 1. The molecule has 1 aromatic carbocycles. The van der Waals surface area contributed by atoms with Crippen molar-refractivity contribution in [1.29, 1.82) is 0 Å². The van der Waals surface area contributed by atoms with E-state index in [1.165, 1.54) is 0 Å². The molecule has 2 atom stereocenters. The minimum Gasteiger partial charge on any atom is -0.377 e. The van der Waals surface area contributed by atoms with Gasteiger partial charge in [-0.1, -0.05) is 19.1 Å². The van der Waals surface area contributed by atoms with Crippen LogP contribution in [0.1, 0.15) is 31.9 Å². The largest absolute Gasteiger partial charge is 0.377 e. The Morgan fingerprint density at radius 3 is 3.10 bits per heavy atom. The van der Waals surface area contributed by atoms with E-state index >= 15 is 0 Å². The summed E-state index contributed by atoms with van der Waals surface area (Å²) in [5.74, 6) is 1.02. The van der Waals surface area contributed by atoms with Crippen molar-refractivity contribution in [3.8, 4) is 0 Å². The molecule has 5 heteroatoms. The van der Waals surface area contributed by atoms with E-state index in [4.69, 9.17) is 4.74 Å². The third-order valence-corrected chi connectivity index (χ3v) is 5.21. The van der Waals surface area contributed by atoms with Crippen molar-refractivity contribution in [2.75, 3.05) is 31.3 Å². The van der Waals surface area contributed by atoms with Gasteiger partial charge in [0.15, 0.2) is 0 Å². The van der Waals surface area contributed by atoms with Crippen LogP contribution in [-0.2, 0) is 4.74 Å². The van der Waals surface area contributed by atoms with Gasteiger partial charge in [0.2, 0.25) is 0 Å². The van der Waals surface area contributed by atoms with Crippen molar-refractivity contribution < 1.29 is 9.53 Å². The zero-order chi connectivity index (χ0) is 15.2. The number of ether oxygens (including phenoxy) is 1. The molecule has 0 saturated carbocycles. The topological polar surface area (TPSA) is 41.6 Å². The number of urea groups is 1. The molecule has 0 aromatic heterocycles. The molecule has 0 aliphatic carbocycles. The summed E-state index contributed by atoms with van der Waals surface area (Å²) in [6, 6.07) is 7.84. The maximum atomic E-state index is 12.4. The van der Waals surface area contributed by atoms with Crippen LogP contribution in [0.15, 0.2) is 24.3 Å². The van der Waals surface area contributed by atoms with Crippen LogP contribution in [0.3, 0.4) is 0 Å². The first-order chi connectivity index (χ1) is 10.1. The van der Waals surface area contributed by atoms with Gasteiger partial charge in [-0.05, 0) is 31.0 Å². The lowest BCUT2D eigenvalue weighted by Crippen LogP contribution is -2.43. The molecule has 1 fully saturated rings. The van der Waals surface area contributed by atoms with Crippen molar-refractivity contribution in [2.24, 2.45) is 0 Å². The standard InChI is InChI=1S/C16H24N2O2S/c1-4-15-11-18(8-9-21-15)16(19)17-14-7-5-6-13(10-14)12(2)20-3/h5-7,10,12,15H,4,8-9,11H2,1-3H3,(H,17,19). The molecule has 1 aliphatic rings. The van der Waals surface area contributed by atoms with E-state index in [0.717, 1.165) is 36.5 Å². The van der Waals surface area contributed by atoms with Crippen LogP contribution in [0.5, 0.6) is 0 Å². The third kappa shape index (κ3) is 4.38. The van der Waals surface area contributed by atoms with E-state index < -0.39 is 0 Å². The summed E-state index contributed by atoms with van der Waals surface area (Å²) in [4.78, 5) is 14.3. The fourth-order valence-corrected chi connectivity index (χ4v) is 3.54. The van der Waals surface area contributed by atoms with Crippen molar-refractivity contribution in [2.45, 2.75) is 31.6 Å². The summed E-state index contributed by atoms with van der Waals surface area (Å²) >= 11 is 1.96. The molecule has 21 heavy (non-hydrogen) atoms. The van der Waals surface area contributed by atoms with E-state index in [1.807, 2.05) is 47.9 Å². The Balaban J connectivity index is 1.99. The molecule has 4 nitrogen and oxygen atoms in total. The van der Waals surface area contributed by atoms with Gasteiger partial charge in [0.1, 0.15) is 0 Å². The van der Waals surface area contributed by atoms with E-state index in [2.05, 4.69) is 12.2 Å². The number of nitrogens with one attached hydrogen (secondary N) is 1. The Labute approximate surface area is 131 Å².